The van der Waals surface area contributed by atoms with E-state index < -0.39 is 0 Å². The minimum absolute atomic E-state index is 0.000313. The fraction of sp³-hybridized carbons (Fsp3) is 0.714. The Kier molecular flexibility index (Phi) is 4.72. The van der Waals surface area contributed by atoms with E-state index >= 15 is 0 Å². The summed E-state index contributed by atoms with van der Waals surface area (Å²) in [6.07, 6.45) is 4.28. The first-order chi connectivity index (χ1) is 10.2. The number of carbonyl (C=O) groups is 1. The van der Waals surface area contributed by atoms with Crippen LogP contribution in [0.5, 0.6) is 0 Å². The number of hydrogen-bond acceptors (Lipinski definition) is 5. The van der Waals surface area contributed by atoms with Crippen molar-refractivity contribution in [3.05, 3.63) is 12.3 Å². The van der Waals surface area contributed by atoms with Gasteiger partial charge in [0.2, 0.25) is 0 Å². The Morgan fingerprint density at radius 3 is 2.81 bits per heavy atom. The van der Waals surface area contributed by atoms with Crippen LogP contribution in [-0.2, 0) is 0 Å². The van der Waals surface area contributed by atoms with E-state index in [9.17, 15) is 4.79 Å². The standard InChI is InChI=1S/C14H23N5OS/c1-17-6-2-3-12(11-17)18-7-9-19(10-8-18)14(20)16-13-4-5-15-21-13/h4-5,12H,2-3,6-11H2,1H3,(H,16,20). The second-order valence-corrected chi connectivity index (χ2v) is 6.72. The summed E-state index contributed by atoms with van der Waals surface area (Å²) in [6, 6.07) is 2.49. The van der Waals surface area contributed by atoms with Crippen LogP contribution in [0.2, 0.25) is 0 Å². The van der Waals surface area contributed by atoms with Crippen molar-refractivity contribution in [1.82, 2.24) is 19.1 Å². The van der Waals surface area contributed by atoms with Crippen LogP contribution in [0.25, 0.3) is 0 Å². The van der Waals surface area contributed by atoms with Gasteiger partial charge in [-0.1, -0.05) is 0 Å². The molecule has 3 heterocycles. The minimum Gasteiger partial charge on any atom is -0.322 e. The summed E-state index contributed by atoms with van der Waals surface area (Å²) in [5.74, 6) is 0. The number of hydrogen-bond donors (Lipinski definition) is 1. The topological polar surface area (TPSA) is 51.7 Å². The van der Waals surface area contributed by atoms with Crippen LogP contribution in [-0.4, -0.2) is 77.5 Å². The van der Waals surface area contributed by atoms with Gasteiger partial charge in [-0.05, 0) is 44.0 Å². The van der Waals surface area contributed by atoms with Gasteiger partial charge < -0.3 is 9.80 Å². The number of likely N-dealkylation sites (tertiary alicyclic amines) is 1. The molecule has 1 unspecified atom stereocenters. The third kappa shape index (κ3) is 3.72. The molecular formula is C14H23N5OS. The molecule has 1 atom stereocenters. The third-order valence-corrected chi connectivity index (χ3v) is 5.05. The molecule has 7 heteroatoms. The van der Waals surface area contributed by atoms with Crippen LogP contribution in [0.15, 0.2) is 12.3 Å². The molecule has 1 N–H and O–H groups in total. The number of carbonyl (C=O) groups excluding carboxylic acids is 1. The number of amides is 2. The average molecular weight is 309 g/mol. The predicted molar refractivity (Wildman–Crippen MR) is 84.8 cm³/mol. The van der Waals surface area contributed by atoms with E-state index in [1.807, 2.05) is 11.0 Å². The van der Waals surface area contributed by atoms with Crippen molar-refractivity contribution in [2.75, 3.05) is 51.6 Å². The largest absolute Gasteiger partial charge is 0.322 e. The third-order valence-electron chi connectivity index (χ3n) is 4.39. The molecule has 2 amide bonds. The van der Waals surface area contributed by atoms with Crippen molar-refractivity contribution in [3.8, 4) is 0 Å². The maximum Gasteiger partial charge on any atom is 0.322 e. The monoisotopic (exact) mass is 309 g/mol. The number of piperidine rings is 1. The highest BCUT2D eigenvalue weighted by Gasteiger charge is 2.28. The summed E-state index contributed by atoms with van der Waals surface area (Å²) >= 11 is 1.31. The lowest BCUT2D eigenvalue weighted by atomic mass is 10.0. The van der Waals surface area contributed by atoms with E-state index in [4.69, 9.17) is 0 Å². The Bertz CT molecular complexity index is 458. The number of anilines is 1. The molecule has 0 bridgehead atoms. The average Bonchev–Trinajstić information content (AvgIpc) is 3.00. The molecule has 0 aromatic carbocycles. The van der Waals surface area contributed by atoms with Crippen molar-refractivity contribution < 1.29 is 4.79 Å². The summed E-state index contributed by atoms with van der Waals surface area (Å²) in [5, 5.41) is 3.73. The van der Waals surface area contributed by atoms with Gasteiger partial charge in [0.15, 0.2) is 0 Å². The van der Waals surface area contributed by atoms with Crippen LogP contribution < -0.4 is 5.32 Å². The molecule has 2 aliphatic heterocycles. The molecular weight excluding hydrogens is 286 g/mol. The van der Waals surface area contributed by atoms with Crippen LogP contribution in [0.3, 0.4) is 0 Å². The van der Waals surface area contributed by atoms with Crippen molar-refractivity contribution in [2.24, 2.45) is 0 Å². The Morgan fingerprint density at radius 1 is 1.33 bits per heavy atom. The van der Waals surface area contributed by atoms with E-state index in [-0.39, 0.29) is 6.03 Å². The molecule has 2 saturated heterocycles. The van der Waals surface area contributed by atoms with Gasteiger partial charge in [0.1, 0.15) is 5.00 Å². The molecule has 116 valence electrons. The minimum atomic E-state index is -0.000313. The quantitative estimate of drug-likeness (QED) is 0.897. The smallest absolute Gasteiger partial charge is 0.322 e. The molecule has 0 aliphatic carbocycles. The van der Waals surface area contributed by atoms with E-state index in [1.54, 1.807) is 6.20 Å². The molecule has 0 radical (unpaired) electrons. The van der Waals surface area contributed by atoms with E-state index in [0.29, 0.717) is 6.04 Å². The molecule has 2 fully saturated rings. The zero-order chi connectivity index (χ0) is 14.7. The van der Waals surface area contributed by atoms with Gasteiger partial charge in [0.05, 0.1) is 0 Å². The van der Waals surface area contributed by atoms with Crippen molar-refractivity contribution in [1.29, 1.82) is 0 Å². The number of nitrogens with zero attached hydrogens (tertiary/aromatic N) is 4. The van der Waals surface area contributed by atoms with Crippen LogP contribution in [0.4, 0.5) is 9.80 Å². The summed E-state index contributed by atoms with van der Waals surface area (Å²) in [5.41, 5.74) is 0. The predicted octanol–water partition coefficient (Wildman–Crippen LogP) is 1.39. The molecule has 21 heavy (non-hydrogen) atoms. The lowest BCUT2D eigenvalue weighted by Gasteiger charge is -2.42. The second-order valence-electron chi connectivity index (χ2n) is 5.89. The maximum absolute atomic E-state index is 12.2. The van der Waals surface area contributed by atoms with Gasteiger partial charge in [0, 0.05) is 45.0 Å². The van der Waals surface area contributed by atoms with Crippen molar-refractivity contribution in [2.45, 2.75) is 18.9 Å². The lowest BCUT2D eigenvalue weighted by molar-refractivity contribution is 0.0718. The Balaban J connectivity index is 1.47. The summed E-state index contributed by atoms with van der Waals surface area (Å²) in [4.78, 5) is 19.0. The number of urea groups is 1. The summed E-state index contributed by atoms with van der Waals surface area (Å²) in [6.45, 7) is 5.96. The van der Waals surface area contributed by atoms with Gasteiger partial charge in [-0.3, -0.25) is 10.2 Å². The van der Waals surface area contributed by atoms with Gasteiger partial charge in [-0.25, -0.2) is 4.79 Å². The fourth-order valence-electron chi connectivity index (χ4n) is 3.19. The number of aromatic nitrogens is 1. The van der Waals surface area contributed by atoms with E-state index in [1.165, 1.54) is 30.9 Å². The van der Waals surface area contributed by atoms with Crippen LogP contribution >= 0.6 is 11.5 Å². The van der Waals surface area contributed by atoms with Crippen LogP contribution in [0.1, 0.15) is 12.8 Å². The normalized spacial score (nSPS) is 25.0. The van der Waals surface area contributed by atoms with E-state index in [2.05, 4.69) is 26.5 Å². The first kappa shape index (κ1) is 14.7. The second kappa shape index (κ2) is 6.72. The molecule has 0 spiro atoms. The van der Waals surface area contributed by atoms with Crippen molar-refractivity contribution >= 4 is 22.6 Å². The first-order valence-electron chi connectivity index (χ1n) is 7.61. The summed E-state index contributed by atoms with van der Waals surface area (Å²) in [7, 11) is 2.20. The van der Waals surface area contributed by atoms with Gasteiger partial charge in [-0.15, -0.1) is 0 Å². The Morgan fingerprint density at radius 2 is 2.14 bits per heavy atom. The van der Waals surface area contributed by atoms with Gasteiger partial charge in [0.25, 0.3) is 0 Å². The van der Waals surface area contributed by atoms with Gasteiger partial charge >= 0.3 is 6.03 Å². The van der Waals surface area contributed by atoms with Gasteiger partial charge in [-0.2, -0.15) is 4.37 Å². The molecule has 2 aliphatic rings. The number of nitrogens with one attached hydrogen (secondary N) is 1. The Hall–Kier alpha value is -1.18. The molecule has 3 rings (SSSR count). The van der Waals surface area contributed by atoms with E-state index in [0.717, 1.165) is 37.7 Å². The highest BCUT2D eigenvalue weighted by atomic mass is 32.1. The number of rotatable bonds is 2. The lowest BCUT2D eigenvalue weighted by Crippen LogP contribution is -2.56. The zero-order valence-electron chi connectivity index (χ0n) is 12.5. The summed E-state index contributed by atoms with van der Waals surface area (Å²) < 4.78 is 4.00. The number of piperazine rings is 1. The zero-order valence-corrected chi connectivity index (χ0v) is 13.3. The van der Waals surface area contributed by atoms with Crippen LogP contribution in [0, 0.1) is 0 Å². The molecule has 1 aromatic heterocycles. The molecule has 0 saturated carbocycles. The SMILES string of the molecule is CN1CCCC(N2CCN(C(=O)Nc3ccns3)CC2)C1. The Labute approximate surface area is 129 Å². The maximum atomic E-state index is 12.2. The molecule has 1 aromatic rings. The fourth-order valence-corrected chi connectivity index (χ4v) is 3.68. The van der Waals surface area contributed by atoms with Crippen molar-refractivity contribution in [3.63, 3.8) is 0 Å². The highest BCUT2D eigenvalue weighted by molar-refractivity contribution is 7.10. The highest BCUT2D eigenvalue weighted by Crippen LogP contribution is 2.18. The first-order valence-corrected chi connectivity index (χ1v) is 8.39. The number of likely N-dealkylation sites (N-methyl/N-ethyl adjacent to an activating group) is 1. The molecule has 6 nitrogen and oxygen atoms in total.